The molecular formula is C14H27BO2. The average Bonchev–Trinajstić information content (AvgIpc) is 2.42. The molecule has 0 bridgehead atoms. The zero-order chi connectivity index (χ0) is 13.8. The van der Waals surface area contributed by atoms with Gasteiger partial charge in [-0.1, -0.05) is 38.2 Å². The number of allylic oxidation sites excluding steroid dienone is 1. The maximum atomic E-state index is 7.93. The third kappa shape index (κ3) is 4.15. The van der Waals surface area contributed by atoms with Crippen LogP contribution in [0.5, 0.6) is 0 Å². The fraction of sp³-hybridized carbons (Fsp3) is 0.857. The van der Waals surface area contributed by atoms with Crippen LogP contribution in [0.1, 0.15) is 68.1 Å². The maximum absolute atomic E-state index is 7.93. The lowest BCUT2D eigenvalue weighted by Gasteiger charge is -2.32. The molecule has 0 aromatic heterocycles. The molecule has 3 heteroatoms. The van der Waals surface area contributed by atoms with Crippen molar-refractivity contribution in [3.05, 3.63) is 12.0 Å². The summed E-state index contributed by atoms with van der Waals surface area (Å²) in [6.45, 7) is 10.3. The lowest BCUT2D eigenvalue weighted by atomic mass is 9.89. The fourth-order valence-electron chi connectivity index (χ4n) is 1.79. The first-order valence-corrected chi connectivity index (χ1v) is 6.81. The van der Waals surface area contributed by atoms with E-state index in [9.17, 15) is 0 Å². The third-order valence-electron chi connectivity index (χ3n) is 3.70. The monoisotopic (exact) mass is 239 g/mol. The van der Waals surface area contributed by atoms with Crippen molar-refractivity contribution in [2.45, 2.75) is 77.9 Å². The molecule has 0 amide bonds. The Kier molecular flexibility index (Phi) is 4.69. The molecule has 1 fully saturated rings. The summed E-state index contributed by atoms with van der Waals surface area (Å²) in [5, 5.41) is 0. The van der Waals surface area contributed by atoms with Crippen molar-refractivity contribution in [2.24, 2.45) is 0 Å². The smallest absolute Gasteiger partial charge is 0.400 e. The van der Waals surface area contributed by atoms with Crippen molar-refractivity contribution in [1.82, 2.24) is 0 Å². The predicted molar refractivity (Wildman–Crippen MR) is 74.0 cm³/mol. The molecule has 98 valence electrons. The summed E-state index contributed by atoms with van der Waals surface area (Å²) >= 11 is 0. The quantitative estimate of drug-likeness (QED) is 0.512. The molecule has 0 aliphatic carbocycles. The standard InChI is InChI=1S/C14H27BO2/c1-6-7-8-9-10-11-12-15-16-13(2,3)14(4,5)17-15/h11-12H,6-10H2,1-5H3/b12-11-/i11D. The second-order valence-corrected chi connectivity index (χ2v) is 5.81. The van der Waals surface area contributed by atoms with E-state index in [1.54, 1.807) is 0 Å². The van der Waals surface area contributed by atoms with Gasteiger partial charge in [-0.15, -0.1) is 0 Å². The Balaban J connectivity index is 2.43. The zero-order valence-electron chi connectivity index (χ0n) is 13.0. The Hall–Kier alpha value is -0.275. The Morgan fingerprint density at radius 1 is 1.06 bits per heavy atom. The summed E-state index contributed by atoms with van der Waals surface area (Å²) in [7, 11) is -0.367. The molecule has 1 saturated heterocycles. The SMILES string of the molecule is [2H]/C(=C/B1OC(C)(C)C(C)(C)O1)CCCCCC. The maximum Gasteiger partial charge on any atom is 0.486 e. The third-order valence-corrected chi connectivity index (χ3v) is 3.70. The van der Waals surface area contributed by atoms with Gasteiger partial charge in [-0.3, -0.25) is 0 Å². The highest BCUT2D eigenvalue weighted by atomic mass is 16.7. The van der Waals surface area contributed by atoms with Crippen LogP contribution >= 0.6 is 0 Å². The molecule has 0 aromatic rings. The molecule has 0 spiro atoms. The van der Waals surface area contributed by atoms with Crippen LogP contribution < -0.4 is 0 Å². The van der Waals surface area contributed by atoms with Gasteiger partial charge in [-0.25, -0.2) is 0 Å². The van der Waals surface area contributed by atoms with Gasteiger partial charge < -0.3 is 9.31 Å². The van der Waals surface area contributed by atoms with Crippen molar-refractivity contribution in [3.63, 3.8) is 0 Å². The number of hydrogen-bond acceptors (Lipinski definition) is 2. The first-order chi connectivity index (χ1) is 8.28. The van der Waals surface area contributed by atoms with Crippen LogP contribution in [0, 0.1) is 0 Å². The largest absolute Gasteiger partial charge is 0.486 e. The lowest BCUT2D eigenvalue weighted by molar-refractivity contribution is 0.00578. The minimum absolute atomic E-state index is 0.309. The van der Waals surface area contributed by atoms with E-state index in [0.717, 1.165) is 12.8 Å². The van der Waals surface area contributed by atoms with Gasteiger partial charge >= 0.3 is 7.12 Å². The molecule has 1 heterocycles. The van der Waals surface area contributed by atoms with Crippen LogP contribution in [0.15, 0.2) is 12.0 Å². The summed E-state index contributed by atoms with van der Waals surface area (Å²) in [5.41, 5.74) is -0.618. The molecule has 0 atom stereocenters. The van der Waals surface area contributed by atoms with Crippen LogP contribution in [0.25, 0.3) is 0 Å². The number of unbranched alkanes of at least 4 members (excludes halogenated alkanes) is 3. The average molecular weight is 239 g/mol. The first kappa shape index (κ1) is 13.2. The second kappa shape index (κ2) is 6.06. The van der Waals surface area contributed by atoms with E-state index in [0.29, 0.717) is 6.05 Å². The molecule has 1 rings (SSSR count). The van der Waals surface area contributed by atoms with Gasteiger partial charge in [-0.05, 0) is 40.5 Å². The zero-order valence-corrected chi connectivity index (χ0v) is 12.0. The summed E-state index contributed by atoms with van der Waals surface area (Å²) in [6, 6.07) is 0.629. The summed E-state index contributed by atoms with van der Waals surface area (Å²) in [6.07, 6.45) is 5.60. The van der Waals surface area contributed by atoms with E-state index in [4.69, 9.17) is 10.7 Å². The van der Waals surface area contributed by atoms with Crippen molar-refractivity contribution in [1.29, 1.82) is 0 Å². The molecule has 1 aliphatic heterocycles. The van der Waals surface area contributed by atoms with Crippen LogP contribution in [0.4, 0.5) is 0 Å². The Morgan fingerprint density at radius 3 is 2.18 bits per heavy atom. The lowest BCUT2D eigenvalue weighted by Crippen LogP contribution is -2.41. The molecule has 0 saturated carbocycles. The van der Waals surface area contributed by atoms with Crippen LogP contribution in [0.2, 0.25) is 0 Å². The number of hydrogen-bond donors (Lipinski definition) is 0. The second-order valence-electron chi connectivity index (χ2n) is 5.81. The van der Waals surface area contributed by atoms with Gasteiger partial charge in [0.05, 0.1) is 12.6 Å². The minimum atomic E-state index is -0.367. The van der Waals surface area contributed by atoms with E-state index in [1.165, 1.54) is 19.3 Å². The Labute approximate surface area is 108 Å². The molecular weight excluding hydrogens is 211 g/mol. The van der Waals surface area contributed by atoms with Crippen molar-refractivity contribution in [3.8, 4) is 0 Å². The summed E-state index contributed by atoms with van der Waals surface area (Å²) < 4.78 is 19.6. The van der Waals surface area contributed by atoms with Gasteiger partial charge in [0.1, 0.15) is 0 Å². The van der Waals surface area contributed by atoms with Crippen LogP contribution in [-0.4, -0.2) is 18.3 Å². The van der Waals surface area contributed by atoms with E-state index in [-0.39, 0.29) is 18.3 Å². The molecule has 0 N–H and O–H groups in total. The highest BCUT2D eigenvalue weighted by Gasteiger charge is 2.49. The predicted octanol–water partition coefficient (Wildman–Crippen LogP) is 4.14. The highest BCUT2D eigenvalue weighted by molar-refractivity contribution is 6.51. The molecule has 2 nitrogen and oxygen atoms in total. The van der Waals surface area contributed by atoms with Crippen molar-refractivity contribution in [2.75, 3.05) is 0 Å². The fourth-order valence-corrected chi connectivity index (χ4v) is 1.79. The van der Waals surface area contributed by atoms with E-state index in [2.05, 4.69) is 6.92 Å². The number of rotatable bonds is 6. The molecule has 0 radical (unpaired) electrons. The van der Waals surface area contributed by atoms with Crippen LogP contribution in [-0.2, 0) is 9.31 Å². The van der Waals surface area contributed by atoms with E-state index < -0.39 is 0 Å². The van der Waals surface area contributed by atoms with E-state index >= 15 is 0 Å². The van der Waals surface area contributed by atoms with Crippen LogP contribution in [0.3, 0.4) is 0 Å². The highest BCUT2D eigenvalue weighted by Crippen LogP contribution is 2.36. The molecule has 0 aromatic carbocycles. The first-order valence-electron chi connectivity index (χ1n) is 7.31. The van der Waals surface area contributed by atoms with Gasteiger partial charge in [-0.2, -0.15) is 0 Å². The van der Waals surface area contributed by atoms with Gasteiger partial charge in [0.15, 0.2) is 0 Å². The topological polar surface area (TPSA) is 18.5 Å². The molecule has 0 unspecified atom stereocenters. The normalized spacial score (nSPS) is 23.9. The van der Waals surface area contributed by atoms with Crippen molar-refractivity contribution < 1.29 is 10.7 Å². The van der Waals surface area contributed by atoms with Gasteiger partial charge in [0, 0.05) is 0 Å². The van der Waals surface area contributed by atoms with E-state index in [1.807, 2.05) is 33.7 Å². The van der Waals surface area contributed by atoms with Crippen molar-refractivity contribution >= 4 is 7.12 Å². The molecule has 17 heavy (non-hydrogen) atoms. The minimum Gasteiger partial charge on any atom is -0.400 e. The molecule has 1 aliphatic rings. The van der Waals surface area contributed by atoms with Gasteiger partial charge in [0.2, 0.25) is 0 Å². The Bertz CT molecular complexity index is 284. The Morgan fingerprint density at radius 2 is 1.65 bits per heavy atom. The van der Waals surface area contributed by atoms with Gasteiger partial charge in [0.25, 0.3) is 0 Å². The summed E-state index contributed by atoms with van der Waals surface area (Å²) in [4.78, 5) is 0. The summed E-state index contributed by atoms with van der Waals surface area (Å²) in [5.74, 6) is 1.81.